The predicted octanol–water partition coefficient (Wildman–Crippen LogP) is 1.33. The van der Waals surface area contributed by atoms with Gasteiger partial charge in [0.2, 0.25) is 5.91 Å². The molecular formula is C16H22N2O3. The van der Waals surface area contributed by atoms with Crippen molar-refractivity contribution >= 4 is 11.9 Å². The van der Waals surface area contributed by atoms with Gasteiger partial charge in [0.25, 0.3) is 0 Å². The number of carboxylic acids is 1. The molecule has 1 saturated carbocycles. The average Bonchev–Trinajstić information content (AvgIpc) is 2.99. The molecule has 2 rings (SSSR count). The normalized spacial score (nSPS) is 16.6. The summed E-state index contributed by atoms with van der Waals surface area (Å²) in [6, 6.07) is 8.83. The van der Waals surface area contributed by atoms with Crippen LogP contribution in [-0.2, 0) is 16.0 Å². The van der Waals surface area contributed by atoms with E-state index in [1.54, 1.807) is 0 Å². The summed E-state index contributed by atoms with van der Waals surface area (Å²) in [6.07, 6.45) is 4.89. The third-order valence-electron chi connectivity index (χ3n) is 3.82. The summed E-state index contributed by atoms with van der Waals surface area (Å²) in [7, 11) is 0. The third-order valence-corrected chi connectivity index (χ3v) is 3.82. The largest absolute Gasteiger partial charge is 0.480 e. The molecule has 5 nitrogen and oxygen atoms in total. The van der Waals surface area contributed by atoms with Crippen molar-refractivity contribution in [2.45, 2.75) is 44.2 Å². The first-order chi connectivity index (χ1) is 10.1. The summed E-state index contributed by atoms with van der Waals surface area (Å²) in [4.78, 5) is 23.1. The molecule has 5 heteroatoms. The van der Waals surface area contributed by atoms with Gasteiger partial charge in [-0.05, 0) is 18.4 Å². The number of benzene rings is 1. The van der Waals surface area contributed by atoms with E-state index in [1.165, 1.54) is 12.8 Å². The van der Waals surface area contributed by atoms with E-state index >= 15 is 0 Å². The zero-order valence-electron chi connectivity index (χ0n) is 12.0. The topological polar surface area (TPSA) is 78.4 Å². The van der Waals surface area contributed by atoms with Gasteiger partial charge >= 0.3 is 5.97 Å². The van der Waals surface area contributed by atoms with Gasteiger partial charge in [0.15, 0.2) is 0 Å². The Labute approximate surface area is 124 Å². The number of carbonyl (C=O) groups excluding carboxylic acids is 1. The van der Waals surface area contributed by atoms with Crippen molar-refractivity contribution in [3.8, 4) is 0 Å². The zero-order chi connectivity index (χ0) is 15.1. The molecule has 114 valence electrons. The highest BCUT2D eigenvalue weighted by Crippen LogP contribution is 2.17. The Hall–Kier alpha value is -1.88. The lowest BCUT2D eigenvalue weighted by atomic mass is 10.1. The minimum atomic E-state index is -1.01. The Kier molecular flexibility index (Phi) is 5.75. The molecule has 0 spiro atoms. The summed E-state index contributed by atoms with van der Waals surface area (Å²) >= 11 is 0. The van der Waals surface area contributed by atoms with Gasteiger partial charge in [0.05, 0.1) is 6.54 Å². The van der Waals surface area contributed by atoms with Crippen LogP contribution in [0.5, 0.6) is 0 Å². The number of rotatable bonds is 7. The molecule has 0 bridgehead atoms. The molecule has 0 saturated heterocycles. The fourth-order valence-corrected chi connectivity index (χ4v) is 2.66. The summed E-state index contributed by atoms with van der Waals surface area (Å²) in [5.41, 5.74) is 0.897. The van der Waals surface area contributed by atoms with Gasteiger partial charge in [-0.25, -0.2) is 4.79 Å². The SMILES string of the molecule is O=C(CNC1CCCC1)NC(Cc1ccccc1)C(=O)O. The Bertz CT molecular complexity index is 470. The second kappa shape index (κ2) is 7.78. The average molecular weight is 290 g/mol. The Balaban J connectivity index is 1.81. The van der Waals surface area contributed by atoms with Gasteiger partial charge in [0.1, 0.15) is 6.04 Å². The van der Waals surface area contributed by atoms with Crippen LogP contribution in [0.2, 0.25) is 0 Å². The number of aliphatic carboxylic acids is 1. The lowest BCUT2D eigenvalue weighted by molar-refractivity contribution is -0.141. The van der Waals surface area contributed by atoms with Gasteiger partial charge in [0, 0.05) is 12.5 Å². The highest BCUT2D eigenvalue weighted by Gasteiger charge is 2.21. The van der Waals surface area contributed by atoms with E-state index in [1.807, 2.05) is 30.3 Å². The lowest BCUT2D eigenvalue weighted by Gasteiger charge is -2.16. The van der Waals surface area contributed by atoms with Crippen molar-refractivity contribution in [3.63, 3.8) is 0 Å². The van der Waals surface area contributed by atoms with Crippen molar-refractivity contribution in [1.29, 1.82) is 0 Å². The third kappa shape index (κ3) is 5.19. The minimum Gasteiger partial charge on any atom is -0.480 e. The summed E-state index contributed by atoms with van der Waals surface area (Å²) < 4.78 is 0. The molecule has 1 amide bonds. The molecule has 1 atom stereocenters. The van der Waals surface area contributed by atoms with Crippen LogP contribution < -0.4 is 10.6 Å². The minimum absolute atomic E-state index is 0.184. The van der Waals surface area contributed by atoms with Crippen LogP contribution in [0.1, 0.15) is 31.2 Å². The molecule has 21 heavy (non-hydrogen) atoms. The van der Waals surface area contributed by atoms with Gasteiger partial charge in [-0.3, -0.25) is 4.79 Å². The molecular weight excluding hydrogens is 268 g/mol. The molecule has 0 aromatic heterocycles. The molecule has 1 aromatic rings. The number of hydrogen-bond donors (Lipinski definition) is 3. The van der Waals surface area contributed by atoms with E-state index in [0.717, 1.165) is 18.4 Å². The van der Waals surface area contributed by atoms with E-state index < -0.39 is 12.0 Å². The number of hydrogen-bond acceptors (Lipinski definition) is 3. The van der Waals surface area contributed by atoms with Crippen LogP contribution in [0, 0.1) is 0 Å². The maximum Gasteiger partial charge on any atom is 0.326 e. The first-order valence-electron chi connectivity index (χ1n) is 7.44. The standard InChI is InChI=1S/C16H22N2O3/c19-15(11-17-13-8-4-5-9-13)18-14(16(20)21)10-12-6-2-1-3-7-12/h1-3,6-7,13-14,17H,4-5,8-11H2,(H,18,19)(H,20,21). The number of nitrogens with one attached hydrogen (secondary N) is 2. The molecule has 0 heterocycles. The van der Waals surface area contributed by atoms with Crippen LogP contribution in [-0.4, -0.2) is 35.6 Å². The molecule has 0 aliphatic heterocycles. The molecule has 0 radical (unpaired) electrons. The van der Waals surface area contributed by atoms with Gasteiger partial charge in [-0.2, -0.15) is 0 Å². The van der Waals surface area contributed by atoms with Gasteiger partial charge in [-0.15, -0.1) is 0 Å². The van der Waals surface area contributed by atoms with Crippen LogP contribution in [0.15, 0.2) is 30.3 Å². The van der Waals surface area contributed by atoms with Crippen LogP contribution in [0.25, 0.3) is 0 Å². The summed E-state index contributed by atoms with van der Waals surface area (Å²) in [5, 5.41) is 15.0. The van der Waals surface area contributed by atoms with Crippen molar-refractivity contribution in [3.05, 3.63) is 35.9 Å². The fourth-order valence-electron chi connectivity index (χ4n) is 2.66. The van der Waals surface area contributed by atoms with Crippen molar-refractivity contribution in [1.82, 2.24) is 10.6 Å². The highest BCUT2D eigenvalue weighted by molar-refractivity contribution is 5.84. The molecule has 3 N–H and O–H groups in total. The Morgan fingerprint density at radius 2 is 1.86 bits per heavy atom. The van der Waals surface area contributed by atoms with Crippen LogP contribution >= 0.6 is 0 Å². The summed E-state index contributed by atoms with van der Waals surface area (Å²) in [5.74, 6) is -1.27. The maximum atomic E-state index is 11.9. The smallest absolute Gasteiger partial charge is 0.326 e. The molecule has 1 aromatic carbocycles. The van der Waals surface area contributed by atoms with Gasteiger partial charge < -0.3 is 15.7 Å². The lowest BCUT2D eigenvalue weighted by Crippen LogP contribution is -2.46. The van der Waals surface area contributed by atoms with E-state index in [2.05, 4.69) is 10.6 Å². The van der Waals surface area contributed by atoms with Crippen molar-refractivity contribution in [2.75, 3.05) is 6.54 Å². The van der Waals surface area contributed by atoms with Crippen molar-refractivity contribution in [2.24, 2.45) is 0 Å². The van der Waals surface area contributed by atoms with E-state index in [-0.39, 0.29) is 12.5 Å². The number of carbonyl (C=O) groups is 2. The number of carboxylic acid groups (broad SMARTS) is 1. The summed E-state index contributed by atoms with van der Waals surface area (Å²) in [6.45, 7) is 0.184. The fraction of sp³-hybridized carbons (Fsp3) is 0.500. The van der Waals surface area contributed by atoms with Crippen LogP contribution in [0.3, 0.4) is 0 Å². The molecule has 1 unspecified atom stereocenters. The zero-order valence-corrected chi connectivity index (χ0v) is 12.0. The second-order valence-corrected chi connectivity index (χ2v) is 5.51. The van der Waals surface area contributed by atoms with E-state index in [0.29, 0.717) is 12.5 Å². The first kappa shape index (κ1) is 15.5. The number of amides is 1. The second-order valence-electron chi connectivity index (χ2n) is 5.51. The van der Waals surface area contributed by atoms with Crippen molar-refractivity contribution < 1.29 is 14.7 Å². The van der Waals surface area contributed by atoms with Gasteiger partial charge in [-0.1, -0.05) is 43.2 Å². The monoisotopic (exact) mass is 290 g/mol. The Morgan fingerprint density at radius 3 is 2.48 bits per heavy atom. The Morgan fingerprint density at radius 1 is 1.19 bits per heavy atom. The molecule has 1 aliphatic carbocycles. The maximum absolute atomic E-state index is 11.9. The van der Waals surface area contributed by atoms with E-state index in [9.17, 15) is 14.7 Å². The molecule has 1 aliphatic rings. The predicted molar refractivity (Wildman–Crippen MR) is 80.0 cm³/mol. The quantitative estimate of drug-likeness (QED) is 0.708. The first-order valence-corrected chi connectivity index (χ1v) is 7.44. The molecule has 1 fully saturated rings. The highest BCUT2D eigenvalue weighted by atomic mass is 16.4. The van der Waals surface area contributed by atoms with E-state index in [4.69, 9.17) is 0 Å². The van der Waals surface area contributed by atoms with Crippen LogP contribution in [0.4, 0.5) is 0 Å².